The fraction of sp³-hybridized carbons (Fsp3) is 0.0377. The number of aromatic nitrogens is 3. The summed E-state index contributed by atoms with van der Waals surface area (Å²) in [7, 11) is 0. The van der Waals surface area contributed by atoms with Crippen LogP contribution in [0.15, 0.2) is 200 Å². The Balaban J connectivity index is 0.996. The van der Waals surface area contributed by atoms with Crippen molar-refractivity contribution in [2.24, 2.45) is 0 Å². The second-order valence-electron chi connectivity index (χ2n) is 14.9. The van der Waals surface area contributed by atoms with Crippen LogP contribution in [0.3, 0.4) is 0 Å². The third kappa shape index (κ3) is 5.57. The highest BCUT2D eigenvalue weighted by molar-refractivity contribution is 6.19. The summed E-state index contributed by atoms with van der Waals surface area (Å²) < 4.78 is 4.83. The van der Waals surface area contributed by atoms with Crippen LogP contribution in [0.4, 0.5) is 0 Å². The Morgan fingerprint density at radius 1 is 0.474 bits per heavy atom. The maximum absolute atomic E-state index is 5.02. The maximum Gasteiger partial charge on any atom is 0.0709 e. The van der Waals surface area contributed by atoms with Crippen LogP contribution in [-0.4, -0.2) is 14.1 Å². The van der Waals surface area contributed by atoms with Crippen LogP contribution in [0.1, 0.15) is 22.7 Å². The van der Waals surface area contributed by atoms with Crippen molar-refractivity contribution in [3.05, 3.63) is 217 Å². The van der Waals surface area contributed by atoms with E-state index in [0.29, 0.717) is 0 Å². The average molecular weight is 731 g/mol. The SMILES string of the molecule is Cc1ccccc1C1=CC=C[C@H](c2ccc(-n3c4ccccc4c4cc5c(cc43)c3ccccc3n5-c3ccc(-c4cccc(-c5ccccc5)n4)cc3)cc2)N1. The molecule has 0 unspecified atom stereocenters. The summed E-state index contributed by atoms with van der Waals surface area (Å²) in [5.74, 6) is 0. The summed E-state index contributed by atoms with van der Waals surface area (Å²) in [6.07, 6.45) is 6.57. The number of hydrogen-bond donors (Lipinski definition) is 1. The van der Waals surface area contributed by atoms with Gasteiger partial charge in [-0.1, -0.05) is 133 Å². The van der Waals surface area contributed by atoms with Crippen molar-refractivity contribution in [1.29, 1.82) is 0 Å². The van der Waals surface area contributed by atoms with Gasteiger partial charge in [0.1, 0.15) is 0 Å². The second kappa shape index (κ2) is 13.4. The van der Waals surface area contributed by atoms with Gasteiger partial charge in [-0.25, -0.2) is 4.98 Å². The van der Waals surface area contributed by atoms with Gasteiger partial charge in [-0.05, 0) is 84.8 Å². The fourth-order valence-electron chi connectivity index (χ4n) is 8.73. The lowest BCUT2D eigenvalue weighted by molar-refractivity contribution is 0.763. The lowest BCUT2D eigenvalue weighted by Gasteiger charge is -2.23. The first-order chi connectivity index (χ1) is 28.2. The number of nitrogens with zero attached hydrogens (tertiary/aromatic N) is 3. The van der Waals surface area contributed by atoms with Gasteiger partial charge < -0.3 is 14.5 Å². The van der Waals surface area contributed by atoms with Gasteiger partial charge in [-0.3, -0.25) is 0 Å². The highest BCUT2D eigenvalue weighted by Gasteiger charge is 2.20. The lowest BCUT2D eigenvalue weighted by atomic mass is 9.99. The molecular weight excluding hydrogens is 693 g/mol. The minimum atomic E-state index is 0.0901. The monoisotopic (exact) mass is 730 g/mol. The van der Waals surface area contributed by atoms with Crippen LogP contribution in [0, 0.1) is 6.92 Å². The van der Waals surface area contributed by atoms with Gasteiger partial charge in [0.15, 0.2) is 0 Å². The maximum atomic E-state index is 5.02. The van der Waals surface area contributed by atoms with Crippen LogP contribution in [-0.2, 0) is 0 Å². The van der Waals surface area contributed by atoms with Crippen LogP contribution in [0.25, 0.3) is 83.2 Å². The Morgan fingerprint density at radius 2 is 1.02 bits per heavy atom. The molecule has 1 atom stereocenters. The number of allylic oxidation sites excluding steroid dienone is 2. The Morgan fingerprint density at radius 3 is 1.65 bits per heavy atom. The van der Waals surface area contributed by atoms with Crippen molar-refractivity contribution in [2.75, 3.05) is 0 Å². The van der Waals surface area contributed by atoms with Gasteiger partial charge in [0.05, 0.1) is 39.5 Å². The van der Waals surface area contributed by atoms with E-state index in [1.54, 1.807) is 0 Å². The number of rotatable bonds is 6. The normalized spacial score (nSPS) is 14.1. The average Bonchev–Trinajstić information content (AvgIpc) is 3.78. The van der Waals surface area contributed by atoms with E-state index in [1.807, 2.05) is 6.07 Å². The minimum Gasteiger partial charge on any atom is -0.374 e. The number of aryl methyl sites for hydroxylation is 1. The Kier molecular flexibility index (Phi) is 7.75. The fourth-order valence-corrected chi connectivity index (χ4v) is 8.73. The predicted octanol–water partition coefficient (Wildman–Crippen LogP) is 13.2. The molecule has 11 rings (SSSR count). The third-order valence-electron chi connectivity index (χ3n) is 11.5. The van der Waals surface area contributed by atoms with E-state index in [9.17, 15) is 0 Å². The lowest BCUT2D eigenvalue weighted by Crippen LogP contribution is -2.20. The topological polar surface area (TPSA) is 34.8 Å². The number of dihydropyridines is 1. The number of hydrogen-bond acceptors (Lipinski definition) is 2. The molecule has 4 heteroatoms. The Bertz CT molecular complexity index is 3200. The zero-order valence-corrected chi connectivity index (χ0v) is 31.5. The molecule has 7 aromatic carbocycles. The summed E-state index contributed by atoms with van der Waals surface area (Å²) in [6.45, 7) is 2.17. The summed E-state index contributed by atoms with van der Waals surface area (Å²) in [5, 5.41) is 8.70. The molecule has 1 N–H and O–H groups in total. The molecule has 57 heavy (non-hydrogen) atoms. The summed E-state index contributed by atoms with van der Waals surface area (Å²) in [5.41, 5.74) is 16.0. The quantitative estimate of drug-likeness (QED) is 0.185. The van der Waals surface area contributed by atoms with Gasteiger partial charge >= 0.3 is 0 Å². The molecule has 0 fully saturated rings. The molecule has 0 saturated heterocycles. The van der Waals surface area contributed by atoms with Crippen molar-refractivity contribution < 1.29 is 0 Å². The van der Waals surface area contributed by atoms with Crippen LogP contribution in [0.5, 0.6) is 0 Å². The Labute approximate surface area is 331 Å². The molecule has 0 aliphatic carbocycles. The molecule has 3 aromatic heterocycles. The van der Waals surface area contributed by atoms with E-state index in [1.165, 1.54) is 60.3 Å². The summed E-state index contributed by atoms with van der Waals surface area (Å²) in [6, 6.07) is 65.5. The zero-order valence-electron chi connectivity index (χ0n) is 31.5. The van der Waals surface area contributed by atoms with E-state index >= 15 is 0 Å². The van der Waals surface area contributed by atoms with Gasteiger partial charge in [0.2, 0.25) is 0 Å². The smallest absolute Gasteiger partial charge is 0.0709 e. The Hall–Kier alpha value is -7.43. The second-order valence-corrected chi connectivity index (χ2v) is 14.9. The highest BCUT2D eigenvalue weighted by atomic mass is 15.0. The first-order valence-corrected chi connectivity index (χ1v) is 19.6. The predicted molar refractivity (Wildman–Crippen MR) is 238 cm³/mol. The molecule has 0 radical (unpaired) electrons. The number of nitrogens with one attached hydrogen (secondary N) is 1. The minimum absolute atomic E-state index is 0.0901. The molecule has 270 valence electrons. The number of para-hydroxylation sites is 2. The van der Waals surface area contributed by atoms with Crippen molar-refractivity contribution in [1.82, 2.24) is 19.4 Å². The van der Waals surface area contributed by atoms with Gasteiger partial charge in [-0.15, -0.1) is 0 Å². The zero-order chi connectivity index (χ0) is 37.9. The first-order valence-electron chi connectivity index (χ1n) is 19.6. The summed E-state index contributed by atoms with van der Waals surface area (Å²) in [4.78, 5) is 5.02. The van der Waals surface area contributed by atoms with Crippen LogP contribution < -0.4 is 5.32 Å². The van der Waals surface area contributed by atoms with Crippen molar-refractivity contribution in [3.8, 4) is 33.9 Å². The molecule has 0 spiro atoms. The van der Waals surface area contributed by atoms with E-state index in [0.717, 1.165) is 39.6 Å². The van der Waals surface area contributed by atoms with Crippen molar-refractivity contribution in [3.63, 3.8) is 0 Å². The molecule has 10 aromatic rings. The molecular formula is C53H38N4. The van der Waals surface area contributed by atoms with E-state index < -0.39 is 0 Å². The van der Waals surface area contributed by atoms with Crippen molar-refractivity contribution in [2.45, 2.75) is 13.0 Å². The van der Waals surface area contributed by atoms with Gasteiger partial charge in [0.25, 0.3) is 0 Å². The van der Waals surface area contributed by atoms with E-state index in [2.05, 4.69) is 216 Å². The van der Waals surface area contributed by atoms with Crippen molar-refractivity contribution >= 4 is 49.3 Å². The molecule has 1 aliphatic rings. The number of benzene rings is 7. The standard InChI is InChI=1S/C53H38N4/c1-35-13-5-6-16-41(35)49-22-12-21-48(55-49)38-27-31-40(32-28-38)57-51-24-10-8-18-43(51)45-33-52-44(34-53(45)57)42-17-7-9-23-50(42)56(52)39-29-25-37(26-30-39)47-20-11-19-46(54-47)36-14-3-2-4-15-36/h2-34,48,55H,1H3/t48-/m1/s1. The number of fused-ring (bicyclic) bond motifs is 6. The molecule has 4 nitrogen and oxygen atoms in total. The van der Waals surface area contributed by atoms with E-state index in [-0.39, 0.29) is 6.04 Å². The highest BCUT2D eigenvalue weighted by Crippen LogP contribution is 2.40. The van der Waals surface area contributed by atoms with Crippen LogP contribution in [0.2, 0.25) is 0 Å². The molecule has 0 saturated carbocycles. The van der Waals surface area contributed by atoms with E-state index in [4.69, 9.17) is 4.98 Å². The molecule has 0 bridgehead atoms. The summed E-state index contributed by atoms with van der Waals surface area (Å²) >= 11 is 0. The molecule has 0 amide bonds. The van der Waals surface area contributed by atoms with Crippen LogP contribution >= 0.6 is 0 Å². The first kappa shape index (κ1) is 33.0. The number of pyridine rings is 1. The largest absolute Gasteiger partial charge is 0.374 e. The molecule has 4 heterocycles. The van der Waals surface area contributed by atoms with Gasteiger partial charge in [-0.2, -0.15) is 0 Å². The van der Waals surface area contributed by atoms with Gasteiger partial charge in [0, 0.05) is 55.3 Å². The molecule has 1 aliphatic heterocycles. The third-order valence-corrected chi connectivity index (χ3v) is 11.5.